The maximum absolute atomic E-state index is 10.7. The number of hydrogen-bond acceptors (Lipinski definition) is 3. The van der Waals surface area contributed by atoms with Crippen LogP contribution in [-0.4, -0.2) is 46.3 Å². The molecule has 1 aliphatic rings. The van der Waals surface area contributed by atoms with Crippen molar-refractivity contribution < 1.29 is 15.0 Å². The van der Waals surface area contributed by atoms with E-state index in [0.717, 1.165) is 6.42 Å². The normalized spacial score (nSPS) is 21.8. The summed E-state index contributed by atoms with van der Waals surface area (Å²) in [6, 6.07) is -0.390. The van der Waals surface area contributed by atoms with Gasteiger partial charge in [0.1, 0.15) is 6.04 Å². The minimum atomic E-state index is -0.774. The molecule has 1 heterocycles. The SMILES string of the molecule is CCCC(C(=O)O)N1CC(O)C1. The third-order valence-corrected chi connectivity index (χ3v) is 2.18. The van der Waals surface area contributed by atoms with Gasteiger partial charge >= 0.3 is 5.97 Å². The molecule has 1 atom stereocenters. The van der Waals surface area contributed by atoms with Crippen LogP contribution in [0.4, 0.5) is 0 Å². The first kappa shape index (κ1) is 9.48. The Morgan fingerprint density at radius 2 is 2.25 bits per heavy atom. The van der Waals surface area contributed by atoms with Crippen LogP contribution in [0.1, 0.15) is 19.8 Å². The van der Waals surface area contributed by atoms with E-state index in [1.807, 2.05) is 6.92 Å². The molecule has 70 valence electrons. The maximum atomic E-state index is 10.7. The van der Waals surface area contributed by atoms with Crippen molar-refractivity contribution in [3.05, 3.63) is 0 Å². The number of carboxylic acid groups (broad SMARTS) is 1. The van der Waals surface area contributed by atoms with Gasteiger partial charge in [-0.3, -0.25) is 9.69 Å². The molecule has 0 aliphatic carbocycles. The van der Waals surface area contributed by atoms with Gasteiger partial charge in [0.2, 0.25) is 0 Å². The molecule has 0 aromatic rings. The second kappa shape index (κ2) is 3.87. The molecule has 4 nitrogen and oxygen atoms in total. The van der Waals surface area contributed by atoms with Crippen LogP contribution in [-0.2, 0) is 4.79 Å². The van der Waals surface area contributed by atoms with Gasteiger partial charge in [0.15, 0.2) is 0 Å². The van der Waals surface area contributed by atoms with Gasteiger partial charge < -0.3 is 10.2 Å². The molecule has 0 spiro atoms. The Bertz CT molecular complexity index is 166. The summed E-state index contributed by atoms with van der Waals surface area (Å²) in [5, 5.41) is 17.8. The average molecular weight is 173 g/mol. The van der Waals surface area contributed by atoms with Gasteiger partial charge in [-0.1, -0.05) is 13.3 Å². The average Bonchev–Trinajstić information content (AvgIpc) is 1.94. The molecule has 0 aromatic heterocycles. The summed E-state index contributed by atoms with van der Waals surface area (Å²) >= 11 is 0. The van der Waals surface area contributed by atoms with E-state index in [0.29, 0.717) is 19.5 Å². The van der Waals surface area contributed by atoms with Crippen LogP contribution in [0.3, 0.4) is 0 Å². The zero-order chi connectivity index (χ0) is 9.14. The highest BCUT2D eigenvalue weighted by Crippen LogP contribution is 2.15. The third-order valence-electron chi connectivity index (χ3n) is 2.18. The molecular weight excluding hydrogens is 158 g/mol. The van der Waals surface area contributed by atoms with E-state index < -0.39 is 12.0 Å². The van der Waals surface area contributed by atoms with E-state index in [1.165, 1.54) is 0 Å². The molecule has 1 rings (SSSR count). The quantitative estimate of drug-likeness (QED) is 0.624. The molecule has 1 unspecified atom stereocenters. The summed E-state index contributed by atoms with van der Waals surface area (Å²) in [7, 11) is 0. The number of rotatable bonds is 4. The Morgan fingerprint density at radius 1 is 1.67 bits per heavy atom. The predicted molar refractivity (Wildman–Crippen MR) is 43.9 cm³/mol. The van der Waals surface area contributed by atoms with Gasteiger partial charge in [-0.25, -0.2) is 0 Å². The number of nitrogens with zero attached hydrogens (tertiary/aromatic N) is 1. The molecule has 1 aliphatic heterocycles. The van der Waals surface area contributed by atoms with Crippen LogP contribution in [0, 0.1) is 0 Å². The maximum Gasteiger partial charge on any atom is 0.320 e. The van der Waals surface area contributed by atoms with Gasteiger partial charge in [-0.2, -0.15) is 0 Å². The Labute approximate surface area is 71.8 Å². The number of aliphatic hydroxyl groups excluding tert-OH is 1. The number of carboxylic acids is 1. The second-order valence-corrected chi connectivity index (χ2v) is 3.25. The summed E-state index contributed by atoms with van der Waals surface area (Å²) in [4.78, 5) is 12.5. The molecule has 0 amide bonds. The van der Waals surface area contributed by atoms with Gasteiger partial charge in [0.05, 0.1) is 6.10 Å². The van der Waals surface area contributed by atoms with E-state index in [-0.39, 0.29) is 6.10 Å². The van der Waals surface area contributed by atoms with Gasteiger partial charge in [0, 0.05) is 13.1 Å². The smallest absolute Gasteiger partial charge is 0.320 e. The zero-order valence-electron chi connectivity index (χ0n) is 7.23. The Hall–Kier alpha value is -0.610. The molecule has 0 aromatic carbocycles. The topological polar surface area (TPSA) is 60.8 Å². The van der Waals surface area contributed by atoms with Crippen LogP contribution >= 0.6 is 0 Å². The number of carbonyl (C=O) groups is 1. The van der Waals surface area contributed by atoms with Crippen molar-refractivity contribution in [3.63, 3.8) is 0 Å². The first-order valence-electron chi connectivity index (χ1n) is 4.30. The number of hydrogen-bond donors (Lipinski definition) is 2. The highest BCUT2D eigenvalue weighted by molar-refractivity contribution is 5.73. The first-order chi connectivity index (χ1) is 5.65. The van der Waals surface area contributed by atoms with E-state index in [4.69, 9.17) is 10.2 Å². The predicted octanol–water partition coefficient (Wildman–Crippen LogP) is -0.0838. The summed E-state index contributed by atoms with van der Waals surface area (Å²) in [5.74, 6) is -0.774. The monoisotopic (exact) mass is 173 g/mol. The summed E-state index contributed by atoms with van der Waals surface area (Å²) < 4.78 is 0. The van der Waals surface area contributed by atoms with Crippen molar-refractivity contribution >= 4 is 5.97 Å². The van der Waals surface area contributed by atoms with Crippen molar-refractivity contribution in [2.45, 2.75) is 31.9 Å². The van der Waals surface area contributed by atoms with Crippen LogP contribution in [0.15, 0.2) is 0 Å². The Balaban J connectivity index is 2.38. The molecule has 4 heteroatoms. The van der Waals surface area contributed by atoms with Crippen molar-refractivity contribution in [1.29, 1.82) is 0 Å². The molecule has 0 saturated carbocycles. The lowest BCUT2D eigenvalue weighted by atomic mass is 10.0. The molecule has 1 saturated heterocycles. The Morgan fingerprint density at radius 3 is 2.58 bits per heavy atom. The Kier molecular flexibility index (Phi) is 3.05. The summed E-state index contributed by atoms with van der Waals surface area (Å²) in [6.07, 6.45) is 1.22. The standard InChI is InChI=1S/C8H15NO3/c1-2-3-7(8(11)12)9-4-6(10)5-9/h6-7,10H,2-5H2,1H3,(H,11,12). The molecule has 2 N–H and O–H groups in total. The number of aliphatic hydroxyl groups is 1. The van der Waals surface area contributed by atoms with Crippen LogP contribution in [0.2, 0.25) is 0 Å². The second-order valence-electron chi connectivity index (χ2n) is 3.25. The highest BCUT2D eigenvalue weighted by Gasteiger charge is 2.34. The van der Waals surface area contributed by atoms with Crippen molar-refractivity contribution in [1.82, 2.24) is 4.90 Å². The van der Waals surface area contributed by atoms with Crippen molar-refractivity contribution in [2.75, 3.05) is 13.1 Å². The largest absolute Gasteiger partial charge is 0.480 e. The van der Waals surface area contributed by atoms with Gasteiger partial charge in [-0.05, 0) is 6.42 Å². The molecule has 0 bridgehead atoms. The summed E-state index contributed by atoms with van der Waals surface area (Å²) in [5.41, 5.74) is 0. The van der Waals surface area contributed by atoms with Crippen LogP contribution in [0.25, 0.3) is 0 Å². The number of likely N-dealkylation sites (tertiary alicyclic amines) is 1. The lowest BCUT2D eigenvalue weighted by Gasteiger charge is -2.39. The van der Waals surface area contributed by atoms with Crippen LogP contribution < -0.4 is 0 Å². The highest BCUT2D eigenvalue weighted by atomic mass is 16.4. The van der Waals surface area contributed by atoms with Crippen molar-refractivity contribution in [3.8, 4) is 0 Å². The van der Waals surface area contributed by atoms with Crippen LogP contribution in [0.5, 0.6) is 0 Å². The van der Waals surface area contributed by atoms with E-state index >= 15 is 0 Å². The van der Waals surface area contributed by atoms with Gasteiger partial charge in [0.25, 0.3) is 0 Å². The van der Waals surface area contributed by atoms with E-state index in [9.17, 15) is 4.79 Å². The molecular formula is C8H15NO3. The number of aliphatic carboxylic acids is 1. The summed E-state index contributed by atoms with van der Waals surface area (Å²) in [6.45, 7) is 2.99. The molecule has 12 heavy (non-hydrogen) atoms. The lowest BCUT2D eigenvalue weighted by molar-refractivity contribution is -0.148. The van der Waals surface area contributed by atoms with Gasteiger partial charge in [-0.15, -0.1) is 0 Å². The first-order valence-corrected chi connectivity index (χ1v) is 4.30. The number of β-amino-alcohol motifs (C(OH)–C–C–N with tert-alkyl or cyclic N) is 1. The molecule has 0 radical (unpaired) electrons. The lowest BCUT2D eigenvalue weighted by Crippen LogP contribution is -2.57. The minimum absolute atomic E-state index is 0.316. The fourth-order valence-corrected chi connectivity index (χ4v) is 1.48. The van der Waals surface area contributed by atoms with E-state index in [1.54, 1.807) is 4.90 Å². The fourth-order valence-electron chi connectivity index (χ4n) is 1.48. The van der Waals surface area contributed by atoms with Crippen molar-refractivity contribution in [2.24, 2.45) is 0 Å². The minimum Gasteiger partial charge on any atom is -0.480 e. The third kappa shape index (κ3) is 1.95. The van der Waals surface area contributed by atoms with E-state index in [2.05, 4.69) is 0 Å². The fraction of sp³-hybridized carbons (Fsp3) is 0.875. The molecule has 1 fully saturated rings. The zero-order valence-corrected chi connectivity index (χ0v) is 7.23.